The van der Waals surface area contributed by atoms with Crippen LogP contribution in [0.25, 0.3) is 5.70 Å². The molecule has 0 saturated heterocycles. The van der Waals surface area contributed by atoms with Crippen LogP contribution in [0.2, 0.25) is 0 Å². The normalized spacial score (nSPS) is 21.9. The molecule has 0 amide bonds. The molecule has 2 atom stereocenters. The molecule has 2 aliphatic heterocycles. The lowest BCUT2D eigenvalue weighted by Crippen LogP contribution is -2.47. The third kappa shape index (κ3) is 6.36. The molecule has 15 heteroatoms. The molecule has 0 spiro atoms. The van der Waals surface area contributed by atoms with Crippen molar-refractivity contribution >= 4 is 15.5 Å². The van der Waals surface area contributed by atoms with Gasteiger partial charge in [-0.3, -0.25) is 5.32 Å². The summed E-state index contributed by atoms with van der Waals surface area (Å²) in [7, 11) is -4.00. The number of hydroxylamine groups is 2. The molecule has 2 N–H and O–H groups in total. The van der Waals surface area contributed by atoms with E-state index in [4.69, 9.17) is 4.74 Å². The van der Waals surface area contributed by atoms with Gasteiger partial charge in [0.2, 0.25) is 5.44 Å². The summed E-state index contributed by atoms with van der Waals surface area (Å²) in [6.07, 6.45) is -9.00. The van der Waals surface area contributed by atoms with Crippen LogP contribution in [0, 0.1) is 17.9 Å². The standard InChI is InChI=1S/C25H23F7N3O4S/c1-13-5-17(26)3-4-18(13)21-10-22(40(2,37)38)39-23-19(11-33-12-34-23)20(35(21)36)8-14-6-15(24(27,28)29)9-16(7-14)25(30,31)32/h3-7,9-10,20,22,33-34H,8,11-12H2,1-2H3/q-1/b21-10-. The second kappa shape index (κ2) is 10.6. The van der Waals surface area contributed by atoms with Crippen molar-refractivity contribution < 1.29 is 43.9 Å². The third-order valence-corrected chi connectivity index (χ3v) is 7.47. The van der Waals surface area contributed by atoms with E-state index in [1.54, 1.807) is 0 Å². The molecule has 2 aromatic rings. The summed E-state index contributed by atoms with van der Waals surface area (Å²) < 4.78 is 126. The molecule has 7 nitrogen and oxygen atoms in total. The van der Waals surface area contributed by atoms with Crippen LogP contribution in [0.5, 0.6) is 0 Å². The van der Waals surface area contributed by atoms with Gasteiger partial charge < -0.3 is 20.3 Å². The molecule has 0 aromatic heterocycles. The van der Waals surface area contributed by atoms with Gasteiger partial charge in [0.25, 0.3) is 0 Å². The summed E-state index contributed by atoms with van der Waals surface area (Å²) in [6, 6.07) is 2.92. The van der Waals surface area contributed by atoms with Gasteiger partial charge in [-0.2, -0.15) is 26.3 Å². The molecule has 2 aliphatic rings. The van der Waals surface area contributed by atoms with Crippen LogP contribution in [-0.4, -0.2) is 44.4 Å². The minimum atomic E-state index is -5.10. The Morgan fingerprint density at radius 2 is 1.68 bits per heavy atom. The Labute approximate surface area is 224 Å². The van der Waals surface area contributed by atoms with E-state index >= 15 is 0 Å². The van der Waals surface area contributed by atoms with Crippen LogP contribution in [-0.2, 0) is 33.3 Å². The predicted molar refractivity (Wildman–Crippen MR) is 131 cm³/mol. The first-order valence-electron chi connectivity index (χ1n) is 11.7. The SMILES string of the molecule is Cc1cc(F)ccc1/C1=C/C(S(C)(=O)=O)OC2=C(CNCN2)C(Cc2cc(C(F)(F)F)cc(C(F)(F)F)c2)N1[O-]. The molecule has 0 aliphatic carbocycles. The molecule has 2 aromatic carbocycles. The highest BCUT2D eigenvalue weighted by Crippen LogP contribution is 2.38. The molecular formula is C25H23F7N3O4S-. The van der Waals surface area contributed by atoms with Gasteiger partial charge in [0.15, 0.2) is 15.7 Å². The molecular weight excluding hydrogens is 571 g/mol. The van der Waals surface area contributed by atoms with Crippen LogP contribution in [0.15, 0.2) is 53.9 Å². The smallest absolute Gasteiger partial charge is 0.416 e. The minimum absolute atomic E-state index is 0.0158. The number of nitrogens with zero attached hydrogens (tertiary/aromatic N) is 1. The van der Waals surface area contributed by atoms with Crippen molar-refractivity contribution in [2.45, 2.75) is 37.2 Å². The molecule has 218 valence electrons. The van der Waals surface area contributed by atoms with E-state index in [-0.39, 0.29) is 47.6 Å². The zero-order valence-corrected chi connectivity index (χ0v) is 21.8. The van der Waals surface area contributed by atoms with Crippen LogP contribution in [0.4, 0.5) is 30.7 Å². The van der Waals surface area contributed by atoms with Gasteiger partial charge in [-0.05, 0) is 72.5 Å². The van der Waals surface area contributed by atoms with Gasteiger partial charge in [-0.25, -0.2) is 12.8 Å². The first-order chi connectivity index (χ1) is 18.4. The quantitative estimate of drug-likeness (QED) is 0.497. The Morgan fingerprint density at radius 3 is 2.23 bits per heavy atom. The van der Waals surface area contributed by atoms with Gasteiger partial charge in [0.05, 0.1) is 17.8 Å². The highest BCUT2D eigenvalue weighted by molar-refractivity contribution is 7.91. The second-order valence-electron chi connectivity index (χ2n) is 9.42. The number of sulfone groups is 1. The zero-order valence-electron chi connectivity index (χ0n) is 21.0. The van der Waals surface area contributed by atoms with E-state index in [9.17, 15) is 44.4 Å². The fraction of sp³-hybridized carbons (Fsp3) is 0.360. The average Bonchev–Trinajstić information content (AvgIpc) is 2.83. The van der Waals surface area contributed by atoms with Gasteiger partial charge in [0.1, 0.15) is 5.82 Å². The Balaban J connectivity index is 1.91. The molecule has 0 bridgehead atoms. The number of aryl methyl sites for hydroxylation is 1. The first kappa shape index (κ1) is 29.7. The average molecular weight is 595 g/mol. The number of ether oxygens (including phenoxy) is 1. The van der Waals surface area contributed by atoms with E-state index in [1.165, 1.54) is 13.0 Å². The molecule has 0 fully saturated rings. The highest BCUT2D eigenvalue weighted by atomic mass is 32.2. The summed E-state index contributed by atoms with van der Waals surface area (Å²) in [5.41, 5.74) is -5.14. The second-order valence-corrected chi connectivity index (χ2v) is 11.5. The van der Waals surface area contributed by atoms with E-state index < -0.39 is 62.6 Å². The van der Waals surface area contributed by atoms with E-state index in [2.05, 4.69) is 10.6 Å². The Morgan fingerprint density at radius 1 is 1.05 bits per heavy atom. The maximum atomic E-state index is 14.0. The summed E-state index contributed by atoms with van der Waals surface area (Å²) in [6.45, 7) is 1.44. The topological polar surface area (TPSA) is 93.7 Å². The lowest BCUT2D eigenvalue weighted by Gasteiger charge is -2.46. The van der Waals surface area contributed by atoms with Gasteiger partial charge in [0, 0.05) is 30.1 Å². The monoisotopic (exact) mass is 594 g/mol. The maximum absolute atomic E-state index is 14.0. The van der Waals surface area contributed by atoms with Crippen molar-refractivity contribution in [1.29, 1.82) is 0 Å². The Hall–Kier alpha value is -3.30. The Bertz CT molecular complexity index is 1440. The number of hydrogen-bond donors (Lipinski definition) is 2. The van der Waals surface area contributed by atoms with E-state index in [0.29, 0.717) is 17.2 Å². The predicted octanol–water partition coefficient (Wildman–Crippen LogP) is 4.69. The number of hydrogen-bond acceptors (Lipinski definition) is 7. The maximum Gasteiger partial charge on any atom is 0.416 e. The Kier molecular flexibility index (Phi) is 7.86. The van der Waals surface area contributed by atoms with Gasteiger partial charge in [-0.1, -0.05) is 0 Å². The molecule has 0 radical (unpaired) electrons. The molecule has 2 heterocycles. The highest BCUT2D eigenvalue weighted by Gasteiger charge is 2.38. The number of nitrogens with one attached hydrogen (secondary N) is 2. The summed E-state index contributed by atoms with van der Waals surface area (Å²) >= 11 is 0. The lowest BCUT2D eigenvalue weighted by atomic mass is 9.93. The van der Waals surface area contributed by atoms with Crippen LogP contribution in [0.1, 0.15) is 27.8 Å². The van der Waals surface area contributed by atoms with Crippen molar-refractivity contribution in [3.8, 4) is 0 Å². The van der Waals surface area contributed by atoms with Crippen molar-refractivity contribution in [2.24, 2.45) is 0 Å². The number of rotatable bonds is 4. The van der Waals surface area contributed by atoms with E-state index in [0.717, 1.165) is 24.5 Å². The summed E-state index contributed by atoms with van der Waals surface area (Å²) in [5.74, 6) is -0.791. The molecule has 40 heavy (non-hydrogen) atoms. The fourth-order valence-electron chi connectivity index (χ4n) is 4.48. The molecule has 2 unspecified atom stereocenters. The van der Waals surface area contributed by atoms with Crippen molar-refractivity contribution in [3.63, 3.8) is 0 Å². The summed E-state index contributed by atoms with van der Waals surface area (Å²) in [5, 5.41) is 19.9. The van der Waals surface area contributed by atoms with Crippen LogP contribution < -0.4 is 10.6 Å². The van der Waals surface area contributed by atoms with Crippen molar-refractivity contribution in [3.05, 3.63) is 92.8 Å². The fourth-order valence-corrected chi connectivity index (χ4v) is 5.13. The molecule has 4 rings (SSSR count). The number of halogens is 7. The lowest BCUT2D eigenvalue weighted by molar-refractivity contribution is -0.143. The van der Waals surface area contributed by atoms with Gasteiger partial charge in [-0.15, -0.1) is 0 Å². The van der Waals surface area contributed by atoms with Crippen molar-refractivity contribution in [1.82, 2.24) is 15.7 Å². The zero-order chi connectivity index (χ0) is 29.6. The molecule has 0 saturated carbocycles. The third-order valence-electron chi connectivity index (χ3n) is 6.39. The number of benzene rings is 2. The largest absolute Gasteiger partial charge is 0.758 e. The van der Waals surface area contributed by atoms with E-state index in [1.807, 2.05) is 0 Å². The first-order valence-corrected chi connectivity index (χ1v) is 13.7. The summed E-state index contributed by atoms with van der Waals surface area (Å²) in [4.78, 5) is 0. The van der Waals surface area contributed by atoms with Crippen molar-refractivity contribution in [2.75, 3.05) is 19.5 Å². The van der Waals surface area contributed by atoms with Gasteiger partial charge >= 0.3 is 12.4 Å². The number of alkyl halides is 6. The minimum Gasteiger partial charge on any atom is -0.758 e. The van der Waals surface area contributed by atoms with Crippen LogP contribution >= 0.6 is 0 Å². The van der Waals surface area contributed by atoms with Crippen LogP contribution in [0.3, 0.4) is 0 Å².